The van der Waals surface area contributed by atoms with Crippen molar-refractivity contribution in [1.82, 2.24) is 15.5 Å². The number of ether oxygens (including phenoxy) is 1. The largest absolute Gasteiger partial charge is 0.394 e. The summed E-state index contributed by atoms with van der Waals surface area (Å²) >= 11 is 0. The van der Waals surface area contributed by atoms with Crippen LogP contribution < -0.4 is 26.2 Å². The molecule has 0 unspecified atom stereocenters. The predicted octanol–water partition coefficient (Wildman–Crippen LogP) is 4.73. The van der Waals surface area contributed by atoms with Gasteiger partial charge in [-0.3, -0.25) is 19.2 Å². The minimum atomic E-state index is -3.62. The summed E-state index contributed by atoms with van der Waals surface area (Å²) in [6, 6.07) is 19.6. The van der Waals surface area contributed by atoms with Crippen LogP contribution in [0.4, 0.5) is 21.2 Å². The van der Waals surface area contributed by atoms with E-state index in [-0.39, 0.29) is 55.3 Å². The number of carbonyl (C=O) groups is 4. The molecule has 14 heteroatoms. The first-order valence-electron chi connectivity index (χ1n) is 20.3. The van der Waals surface area contributed by atoms with E-state index in [1.807, 2.05) is 55.5 Å². The van der Waals surface area contributed by atoms with Gasteiger partial charge in [-0.15, -0.1) is 0 Å². The standard InChI is InChI=1S/C43H53FN6O6Si/c1-26-39(57(2,3)44)37(22-38(52)49-24-29-11-5-4-10-28(29)20-32(49)25-51)56-43(26)33-21-31(48-41(54)35-14-8-18-46-35)15-16-36(33)50(42(43)55)23-27-9-6-12-30(19-27)47-40(53)34-13-7-17-45-34/h4-6,9-12,15-16,19,21,26,32,34-35,37,39,45-46,51H,7-8,13-14,17-18,20,22-25H2,1-3H3,(H,47,53)(H,48,54)/t26-,32-,34+,35+,37+,39-,43+/m0/s1. The third-order valence-electron chi connectivity index (χ3n) is 12.8. The van der Waals surface area contributed by atoms with E-state index in [0.717, 1.165) is 55.5 Å². The Hall–Kier alpha value is -4.47. The van der Waals surface area contributed by atoms with Crippen LogP contribution >= 0.6 is 0 Å². The summed E-state index contributed by atoms with van der Waals surface area (Å²) in [5.41, 5.74) is 2.68. The predicted molar refractivity (Wildman–Crippen MR) is 218 cm³/mol. The number of aliphatic hydroxyl groups excluding tert-OH is 1. The van der Waals surface area contributed by atoms with E-state index in [4.69, 9.17) is 4.74 Å². The van der Waals surface area contributed by atoms with Crippen LogP contribution in [0.15, 0.2) is 66.7 Å². The van der Waals surface area contributed by atoms with Gasteiger partial charge >= 0.3 is 0 Å². The van der Waals surface area contributed by atoms with E-state index < -0.39 is 37.6 Å². The highest BCUT2D eigenvalue weighted by molar-refractivity contribution is 6.72. The van der Waals surface area contributed by atoms with Crippen LogP contribution in [0.5, 0.6) is 0 Å². The molecule has 302 valence electrons. The first-order valence-corrected chi connectivity index (χ1v) is 23.3. The van der Waals surface area contributed by atoms with E-state index in [1.54, 1.807) is 41.1 Å². The molecule has 57 heavy (non-hydrogen) atoms. The zero-order valence-electron chi connectivity index (χ0n) is 32.9. The molecule has 0 saturated carbocycles. The molecular weight excluding hydrogens is 744 g/mol. The van der Waals surface area contributed by atoms with Crippen molar-refractivity contribution in [3.05, 3.63) is 89.0 Å². The summed E-state index contributed by atoms with van der Waals surface area (Å²) in [6.45, 7) is 6.86. The van der Waals surface area contributed by atoms with Crippen LogP contribution in [-0.4, -0.2) is 86.0 Å². The lowest BCUT2D eigenvalue weighted by Gasteiger charge is -2.37. The van der Waals surface area contributed by atoms with Gasteiger partial charge in [0.25, 0.3) is 5.91 Å². The quantitative estimate of drug-likeness (QED) is 0.146. The number of amides is 4. The average Bonchev–Trinajstić information content (AvgIpc) is 4.01. The molecule has 5 N–H and O–H groups in total. The summed E-state index contributed by atoms with van der Waals surface area (Å²) in [5, 5.41) is 22.8. The fourth-order valence-corrected chi connectivity index (χ4v) is 12.5. The second kappa shape index (κ2) is 15.7. The number of benzene rings is 3. The van der Waals surface area contributed by atoms with Gasteiger partial charge in [-0.05, 0) is 105 Å². The second-order valence-electron chi connectivity index (χ2n) is 16.9. The van der Waals surface area contributed by atoms with Gasteiger partial charge in [0.05, 0.1) is 49.5 Å². The normalized spacial score (nSPS) is 28.1. The monoisotopic (exact) mass is 796 g/mol. The maximum Gasteiger partial charge on any atom is 0.264 e. The molecule has 5 aliphatic rings. The molecule has 12 nitrogen and oxygen atoms in total. The molecule has 5 aliphatic heterocycles. The van der Waals surface area contributed by atoms with E-state index in [0.29, 0.717) is 35.6 Å². The van der Waals surface area contributed by atoms with E-state index in [2.05, 4.69) is 21.3 Å². The average molecular weight is 797 g/mol. The highest BCUT2D eigenvalue weighted by Gasteiger charge is 2.67. The first kappa shape index (κ1) is 39.4. The van der Waals surface area contributed by atoms with Crippen LogP contribution in [0, 0.1) is 5.92 Å². The van der Waals surface area contributed by atoms with Crippen LogP contribution in [0.1, 0.15) is 61.3 Å². The molecule has 0 radical (unpaired) electrons. The second-order valence-corrected chi connectivity index (χ2v) is 20.7. The number of hydrogen-bond donors (Lipinski definition) is 5. The molecule has 0 aliphatic carbocycles. The summed E-state index contributed by atoms with van der Waals surface area (Å²) in [7, 11) is -3.62. The number of aliphatic hydroxyl groups is 1. The molecule has 0 aromatic heterocycles. The van der Waals surface area contributed by atoms with Crippen LogP contribution in [-0.2, 0) is 49.0 Å². The fraction of sp³-hybridized carbons (Fsp3) is 0.488. The van der Waals surface area contributed by atoms with E-state index in [1.165, 1.54) is 0 Å². The minimum absolute atomic E-state index is 0.106. The van der Waals surface area contributed by atoms with Crippen molar-refractivity contribution in [2.24, 2.45) is 5.92 Å². The molecule has 3 fully saturated rings. The molecular formula is C43H53FN6O6Si. The molecule has 3 aromatic rings. The van der Waals surface area contributed by atoms with Crippen molar-refractivity contribution in [2.45, 2.75) is 107 Å². The van der Waals surface area contributed by atoms with Crippen LogP contribution in [0.2, 0.25) is 18.6 Å². The number of halogens is 1. The van der Waals surface area contributed by atoms with Crippen LogP contribution in [0.3, 0.4) is 0 Å². The summed E-state index contributed by atoms with van der Waals surface area (Å²) in [5.74, 6) is -1.57. The van der Waals surface area contributed by atoms with Gasteiger partial charge < -0.3 is 45.0 Å². The van der Waals surface area contributed by atoms with Gasteiger partial charge in [0, 0.05) is 34.9 Å². The molecule has 3 aromatic carbocycles. The first-order chi connectivity index (χ1) is 27.4. The zero-order chi connectivity index (χ0) is 40.1. The van der Waals surface area contributed by atoms with Crippen molar-refractivity contribution < 1.29 is 33.1 Å². The molecule has 3 saturated heterocycles. The topological polar surface area (TPSA) is 152 Å². The van der Waals surface area contributed by atoms with Gasteiger partial charge in [0.2, 0.25) is 26.1 Å². The highest BCUT2D eigenvalue weighted by atomic mass is 28.4. The van der Waals surface area contributed by atoms with Crippen molar-refractivity contribution >= 4 is 49.1 Å². The lowest BCUT2D eigenvalue weighted by molar-refractivity contribution is -0.151. The minimum Gasteiger partial charge on any atom is -0.394 e. The van der Waals surface area contributed by atoms with Gasteiger partial charge in [0.1, 0.15) is 0 Å². The zero-order valence-corrected chi connectivity index (χ0v) is 33.9. The lowest BCUT2D eigenvalue weighted by atomic mass is 9.82. The van der Waals surface area contributed by atoms with Gasteiger partial charge in [-0.1, -0.05) is 43.3 Å². The third-order valence-corrected chi connectivity index (χ3v) is 15.2. The molecule has 0 bridgehead atoms. The SMILES string of the molecule is C[C@H]1[C@H]([Si](C)(C)F)[C@@H](CC(=O)N2Cc3ccccc3C[C@H]2CO)O[C@]12C(=O)N(Cc1cccc(NC(=O)[C@H]3CCCN3)c1)c1ccc(NC(=O)[C@H]3CCCN3)cc12. The number of carbonyl (C=O) groups excluding carboxylic acids is 4. The Labute approximate surface area is 334 Å². The molecule has 1 spiro atoms. The number of fused-ring (bicyclic) bond motifs is 3. The Balaban J connectivity index is 1.13. The maximum atomic E-state index is 16.8. The Kier molecular flexibility index (Phi) is 10.8. The van der Waals surface area contributed by atoms with Crippen LogP contribution in [0.25, 0.3) is 0 Å². The molecule has 7 atom stereocenters. The number of hydrogen-bond acceptors (Lipinski definition) is 8. The number of anilines is 3. The van der Waals surface area contributed by atoms with Crippen molar-refractivity contribution in [3.63, 3.8) is 0 Å². The van der Waals surface area contributed by atoms with Crippen molar-refractivity contribution in [1.29, 1.82) is 0 Å². The van der Waals surface area contributed by atoms with Gasteiger partial charge in [-0.2, -0.15) is 0 Å². The Bertz CT molecular complexity index is 2050. The Morgan fingerprint density at radius 2 is 1.60 bits per heavy atom. The highest BCUT2D eigenvalue weighted by Crippen LogP contribution is 2.60. The van der Waals surface area contributed by atoms with Gasteiger partial charge in [0.15, 0.2) is 5.60 Å². The fourth-order valence-electron chi connectivity index (χ4n) is 10.0. The summed E-state index contributed by atoms with van der Waals surface area (Å²) in [6.07, 6.45) is 2.76. The maximum absolute atomic E-state index is 16.8. The smallest absolute Gasteiger partial charge is 0.264 e. The van der Waals surface area contributed by atoms with E-state index in [9.17, 15) is 19.5 Å². The Morgan fingerprint density at radius 1 is 0.930 bits per heavy atom. The molecule has 5 heterocycles. The number of nitrogens with zero attached hydrogens (tertiary/aromatic N) is 2. The molecule has 8 rings (SSSR count). The van der Waals surface area contributed by atoms with E-state index >= 15 is 8.90 Å². The Morgan fingerprint density at radius 3 is 2.23 bits per heavy atom. The third kappa shape index (κ3) is 7.42. The summed E-state index contributed by atoms with van der Waals surface area (Å²) in [4.78, 5) is 59.0. The number of rotatable bonds is 10. The number of nitrogens with one attached hydrogen (secondary N) is 4. The molecule has 4 amide bonds. The van der Waals surface area contributed by atoms with Crippen molar-refractivity contribution in [2.75, 3.05) is 35.2 Å². The summed E-state index contributed by atoms with van der Waals surface area (Å²) < 4.78 is 23.7. The lowest BCUT2D eigenvalue weighted by Crippen LogP contribution is -2.48. The van der Waals surface area contributed by atoms with Gasteiger partial charge in [-0.25, -0.2) is 0 Å². The van der Waals surface area contributed by atoms with Crippen molar-refractivity contribution in [3.8, 4) is 0 Å².